The van der Waals surface area contributed by atoms with Gasteiger partial charge in [-0.25, -0.2) is 0 Å². The Kier molecular flexibility index (Phi) is 5.77. The molecule has 0 spiro atoms. The molecule has 0 bridgehead atoms. The van der Waals surface area contributed by atoms with Gasteiger partial charge in [0.1, 0.15) is 0 Å². The first-order valence-electron chi connectivity index (χ1n) is 5.63. The van der Waals surface area contributed by atoms with E-state index in [-0.39, 0.29) is 18.3 Å². The van der Waals surface area contributed by atoms with E-state index in [9.17, 15) is 9.59 Å². The number of ether oxygens (including phenoxy) is 1. The van der Waals surface area contributed by atoms with Crippen LogP contribution in [0.25, 0.3) is 0 Å². The van der Waals surface area contributed by atoms with Crippen LogP contribution in [-0.2, 0) is 20.7 Å². The number of esters is 1. The van der Waals surface area contributed by atoms with Crippen molar-refractivity contribution in [1.29, 1.82) is 0 Å². The highest BCUT2D eigenvalue weighted by atomic mass is 16.5. The lowest BCUT2D eigenvalue weighted by molar-refractivity contribution is -0.143. The second-order valence-corrected chi connectivity index (χ2v) is 3.52. The minimum Gasteiger partial charge on any atom is -0.466 e. The molecular formula is C11H17N3O3. The van der Waals surface area contributed by atoms with E-state index in [1.165, 1.54) is 0 Å². The molecular weight excluding hydrogens is 222 g/mol. The fourth-order valence-corrected chi connectivity index (χ4v) is 1.31. The Morgan fingerprint density at radius 2 is 2.35 bits per heavy atom. The lowest BCUT2D eigenvalue weighted by Gasteiger charge is -2.04. The zero-order valence-corrected chi connectivity index (χ0v) is 9.86. The van der Waals surface area contributed by atoms with Crippen molar-refractivity contribution in [3.05, 3.63) is 18.0 Å². The van der Waals surface area contributed by atoms with Crippen LogP contribution in [0.3, 0.4) is 0 Å². The maximum atomic E-state index is 11.4. The lowest BCUT2D eigenvalue weighted by atomic mass is 10.3. The maximum absolute atomic E-state index is 11.4. The number of carbonyl (C=O) groups excluding carboxylic acids is 2. The van der Waals surface area contributed by atoms with E-state index in [0.29, 0.717) is 26.0 Å². The molecule has 17 heavy (non-hydrogen) atoms. The molecule has 1 aromatic heterocycles. The van der Waals surface area contributed by atoms with Gasteiger partial charge in [-0.05, 0) is 19.4 Å². The van der Waals surface area contributed by atoms with Gasteiger partial charge in [-0.1, -0.05) is 0 Å². The predicted octanol–water partition coefficient (Wildman–Crippen LogP) is 0.412. The molecule has 0 radical (unpaired) electrons. The standard InChI is InChI=1S/C11H17N3O3/c1-2-17-11(16)4-3-6-12-10(15)8-9-5-7-13-14-9/h5,7H,2-4,6,8H2,1H3,(H,12,15)(H,13,14). The Labute approximate surface area is 99.7 Å². The van der Waals surface area contributed by atoms with E-state index in [0.717, 1.165) is 5.69 Å². The third-order valence-corrected chi connectivity index (χ3v) is 2.09. The van der Waals surface area contributed by atoms with Gasteiger partial charge in [0.05, 0.1) is 13.0 Å². The molecule has 0 saturated carbocycles. The number of aromatic amines is 1. The van der Waals surface area contributed by atoms with E-state index in [1.807, 2.05) is 0 Å². The molecule has 0 aliphatic heterocycles. The topological polar surface area (TPSA) is 84.1 Å². The van der Waals surface area contributed by atoms with E-state index >= 15 is 0 Å². The van der Waals surface area contributed by atoms with Crippen molar-refractivity contribution in [2.75, 3.05) is 13.2 Å². The summed E-state index contributed by atoms with van der Waals surface area (Å²) >= 11 is 0. The van der Waals surface area contributed by atoms with Crippen molar-refractivity contribution >= 4 is 11.9 Å². The van der Waals surface area contributed by atoms with Gasteiger partial charge in [0.15, 0.2) is 0 Å². The smallest absolute Gasteiger partial charge is 0.305 e. The van der Waals surface area contributed by atoms with Crippen LogP contribution in [-0.4, -0.2) is 35.2 Å². The summed E-state index contributed by atoms with van der Waals surface area (Å²) in [5.74, 6) is -0.312. The van der Waals surface area contributed by atoms with Crippen LogP contribution in [0.1, 0.15) is 25.5 Å². The number of rotatable bonds is 7. The van der Waals surface area contributed by atoms with Gasteiger partial charge < -0.3 is 10.1 Å². The summed E-state index contributed by atoms with van der Waals surface area (Å²) in [4.78, 5) is 22.4. The molecule has 0 aliphatic carbocycles. The van der Waals surface area contributed by atoms with E-state index in [1.54, 1.807) is 19.2 Å². The third kappa shape index (κ3) is 5.70. The molecule has 0 atom stereocenters. The Bertz CT molecular complexity index is 349. The van der Waals surface area contributed by atoms with Crippen LogP contribution in [0.2, 0.25) is 0 Å². The number of nitrogens with one attached hydrogen (secondary N) is 2. The number of aromatic nitrogens is 2. The second kappa shape index (κ2) is 7.43. The molecule has 1 heterocycles. The Morgan fingerprint density at radius 3 is 3.00 bits per heavy atom. The van der Waals surface area contributed by atoms with Gasteiger partial charge in [-0.3, -0.25) is 14.7 Å². The number of H-pyrrole nitrogens is 1. The number of carbonyl (C=O) groups is 2. The molecule has 6 nitrogen and oxygen atoms in total. The molecule has 1 aromatic rings. The Hall–Kier alpha value is -1.85. The fraction of sp³-hybridized carbons (Fsp3) is 0.545. The first-order chi connectivity index (χ1) is 8.22. The van der Waals surface area contributed by atoms with E-state index in [4.69, 9.17) is 4.74 Å². The summed E-state index contributed by atoms with van der Waals surface area (Å²) in [5.41, 5.74) is 0.771. The van der Waals surface area contributed by atoms with Crippen LogP contribution in [0, 0.1) is 0 Å². The van der Waals surface area contributed by atoms with Crippen LogP contribution >= 0.6 is 0 Å². The zero-order valence-electron chi connectivity index (χ0n) is 9.86. The Morgan fingerprint density at radius 1 is 1.53 bits per heavy atom. The highest BCUT2D eigenvalue weighted by Crippen LogP contribution is 1.94. The molecule has 0 unspecified atom stereocenters. The quantitative estimate of drug-likeness (QED) is 0.533. The molecule has 0 aliphatic rings. The summed E-state index contributed by atoms with van der Waals surface area (Å²) in [5, 5.41) is 9.18. The van der Waals surface area contributed by atoms with Gasteiger partial charge in [0, 0.05) is 24.9 Å². The molecule has 2 N–H and O–H groups in total. The average Bonchev–Trinajstić information content (AvgIpc) is 2.77. The molecule has 0 saturated heterocycles. The largest absolute Gasteiger partial charge is 0.466 e. The number of amides is 1. The highest BCUT2D eigenvalue weighted by Gasteiger charge is 2.05. The first-order valence-corrected chi connectivity index (χ1v) is 5.63. The second-order valence-electron chi connectivity index (χ2n) is 3.52. The summed E-state index contributed by atoms with van der Waals surface area (Å²) in [6.45, 7) is 2.64. The highest BCUT2D eigenvalue weighted by molar-refractivity contribution is 5.78. The maximum Gasteiger partial charge on any atom is 0.305 e. The van der Waals surface area contributed by atoms with Crippen molar-refractivity contribution < 1.29 is 14.3 Å². The molecule has 6 heteroatoms. The fourth-order valence-electron chi connectivity index (χ4n) is 1.31. The summed E-state index contributed by atoms with van der Waals surface area (Å²) in [6, 6.07) is 1.75. The molecule has 0 fully saturated rings. The molecule has 0 aromatic carbocycles. The van der Waals surface area contributed by atoms with Crippen LogP contribution < -0.4 is 5.32 Å². The normalized spacial score (nSPS) is 9.94. The van der Waals surface area contributed by atoms with Gasteiger partial charge >= 0.3 is 5.97 Å². The zero-order chi connectivity index (χ0) is 12.5. The van der Waals surface area contributed by atoms with Crippen molar-refractivity contribution in [3.8, 4) is 0 Å². The van der Waals surface area contributed by atoms with E-state index in [2.05, 4.69) is 15.5 Å². The minimum atomic E-state index is -0.227. The summed E-state index contributed by atoms with van der Waals surface area (Å²) < 4.78 is 4.77. The van der Waals surface area contributed by atoms with E-state index < -0.39 is 0 Å². The average molecular weight is 239 g/mol. The molecule has 94 valence electrons. The SMILES string of the molecule is CCOC(=O)CCCNC(=O)Cc1ccn[nH]1. The van der Waals surface area contributed by atoms with Crippen molar-refractivity contribution in [2.24, 2.45) is 0 Å². The first kappa shape index (κ1) is 13.2. The van der Waals surface area contributed by atoms with Crippen molar-refractivity contribution in [3.63, 3.8) is 0 Å². The molecule has 1 rings (SSSR count). The van der Waals surface area contributed by atoms with Crippen LogP contribution in [0.4, 0.5) is 0 Å². The van der Waals surface area contributed by atoms with Gasteiger partial charge in [0.2, 0.25) is 5.91 Å². The van der Waals surface area contributed by atoms with Crippen LogP contribution in [0.15, 0.2) is 12.3 Å². The van der Waals surface area contributed by atoms with Crippen molar-refractivity contribution in [2.45, 2.75) is 26.2 Å². The number of hydrogen-bond donors (Lipinski definition) is 2. The van der Waals surface area contributed by atoms with Gasteiger partial charge in [-0.2, -0.15) is 5.10 Å². The number of hydrogen-bond acceptors (Lipinski definition) is 4. The Balaban J connectivity index is 2.06. The van der Waals surface area contributed by atoms with Gasteiger partial charge in [0.25, 0.3) is 0 Å². The van der Waals surface area contributed by atoms with Gasteiger partial charge in [-0.15, -0.1) is 0 Å². The molecule has 1 amide bonds. The summed E-state index contributed by atoms with van der Waals surface area (Å²) in [7, 11) is 0. The third-order valence-electron chi connectivity index (χ3n) is 2.09. The lowest BCUT2D eigenvalue weighted by Crippen LogP contribution is -2.26. The predicted molar refractivity (Wildman–Crippen MR) is 61.2 cm³/mol. The van der Waals surface area contributed by atoms with Crippen LogP contribution in [0.5, 0.6) is 0 Å². The number of nitrogens with zero attached hydrogens (tertiary/aromatic N) is 1. The van der Waals surface area contributed by atoms with Crippen molar-refractivity contribution in [1.82, 2.24) is 15.5 Å². The minimum absolute atomic E-state index is 0.0851. The summed E-state index contributed by atoms with van der Waals surface area (Å²) in [6.07, 6.45) is 2.80. The monoisotopic (exact) mass is 239 g/mol.